The van der Waals surface area contributed by atoms with Gasteiger partial charge in [-0.15, -0.1) is 0 Å². The minimum atomic E-state index is -0.0584. The van der Waals surface area contributed by atoms with Gasteiger partial charge in [-0.3, -0.25) is 9.78 Å². The molecule has 0 radical (unpaired) electrons. The Morgan fingerprint density at radius 3 is 2.86 bits per heavy atom. The molecule has 0 spiro atoms. The number of carbonyl (C=O) groups is 1. The molecular weight excluding hydrogens is 284 g/mol. The standard InChI is InChI=1S/C15H14N4O3/c20-13(17-11-6-8-16-9-7-11)4-1-5-14-18-15(19-22-14)12-3-2-10-21-12/h2-3,6-10H,1,4-5H2,(H,16,17,20). The van der Waals surface area contributed by atoms with Gasteiger partial charge in [0.1, 0.15) is 0 Å². The number of carbonyl (C=O) groups excluding carboxylic acids is 1. The van der Waals surface area contributed by atoms with Crippen molar-refractivity contribution in [3.05, 3.63) is 48.8 Å². The van der Waals surface area contributed by atoms with E-state index < -0.39 is 0 Å². The van der Waals surface area contributed by atoms with E-state index in [0.717, 1.165) is 5.69 Å². The summed E-state index contributed by atoms with van der Waals surface area (Å²) >= 11 is 0. The zero-order valence-electron chi connectivity index (χ0n) is 11.7. The molecule has 7 heteroatoms. The molecule has 0 fully saturated rings. The van der Waals surface area contributed by atoms with Crippen LogP contribution in [0.4, 0.5) is 5.69 Å². The fourth-order valence-electron chi connectivity index (χ4n) is 1.92. The zero-order valence-corrected chi connectivity index (χ0v) is 11.7. The molecule has 3 aromatic rings. The maximum atomic E-state index is 11.8. The van der Waals surface area contributed by atoms with Gasteiger partial charge in [-0.25, -0.2) is 0 Å². The average Bonchev–Trinajstić information content (AvgIpc) is 3.19. The number of amides is 1. The van der Waals surface area contributed by atoms with Crippen molar-refractivity contribution in [2.75, 3.05) is 5.32 Å². The van der Waals surface area contributed by atoms with Gasteiger partial charge in [0.05, 0.1) is 6.26 Å². The van der Waals surface area contributed by atoms with Gasteiger partial charge in [0.25, 0.3) is 0 Å². The number of nitrogens with zero attached hydrogens (tertiary/aromatic N) is 3. The van der Waals surface area contributed by atoms with Crippen molar-refractivity contribution in [2.45, 2.75) is 19.3 Å². The first kappa shape index (κ1) is 14.0. The van der Waals surface area contributed by atoms with Crippen LogP contribution >= 0.6 is 0 Å². The zero-order chi connectivity index (χ0) is 15.2. The molecule has 3 rings (SSSR count). The number of anilines is 1. The first-order valence-electron chi connectivity index (χ1n) is 6.87. The molecule has 0 aliphatic rings. The minimum Gasteiger partial charge on any atom is -0.461 e. The molecule has 1 amide bonds. The first-order valence-corrected chi connectivity index (χ1v) is 6.87. The quantitative estimate of drug-likeness (QED) is 0.752. The van der Waals surface area contributed by atoms with Crippen LogP contribution in [-0.2, 0) is 11.2 Å². The Labute approximate surface area is 126 Å². The molecule has 3 heterocycles. The lowest BCUT2D eigenvalue weighted by molar-refractivity contribution is -0.116. The maximum Gasteiger partial charge on any atom is 0.238 e. The number of hydrogen-bond donors (Lipinski definition) is 1. The summed E-state index contributed by atoms with van der Waals surface area (Å²) in [6, 6.07) is 7.00. The molecule has 0 saturated carbocycles. The van der Waals surface area contributed by atoms with E-state index >= 15 is 0 Å². The van der Waals surface area contributed by atoms with Crippen LogP contribution in [0.2, 0.25) is 0 Å². The van der Waals surface area contributed by atoms with E-state index in [9.17, 15) is 4.79 Å². The van der Waals surface area contributed by atoms with Gasteiger partial charge in [-0.1, -0.05) is 5.16 Å². The van der Waals surface area contributed by atoms with Crippen molar-refractivity contribution >= 4 is 11.6 Å². The van der Waals surface area contributed by atoms with Crippen LogP contribution in [0.15, 0.2) is 51.9 Å². The molecule has 0 aliphatic heterocycles. The topological polar surface area (TPSA) is 94.0 Å². The van der Waals surface area contributed by atoms with Gasteiger partial charge < -0.3 is 14.3 Å². The third-order valence-corrected chi connectivity index (χ3v) is 2.97. The van der Waals surface area contributed by atoms with E-state index in [4.69, 9.17) is 8.94 Å². The fourth-order valence-corrected chi connectivity index (χ4v) is 1.92. The Morgan fingerprint density at radius 2 is 2.09 bits per heavy atom. The Balaban J connectivity index is 1.46. The molecule has 112 valence electrons. The van der Waals surface area contributed by atoms with E-state index in [2.05, 4.69) is 20.4 Å². The molecular formula is C15H14N4O3. The van der Waals surface area contributed by atoms with Gasteiger partial charge in [-0.05, 0) is 30.7 Å². The molecule has 3 aromatic heterocycles. The van der Waals surface area contributed by atoms with Gasteiger partial charge in [0, 0.05) is 30.9 Å². The lowest BCUT2D eigenvalue weighted by Crippen LogP contribution is -2.11. The number of hydrogen-bond acceptors (Lipinski definition) is 6. The molecule has 0 unspecified atom stereocenters. The highest BCUT2D eigenvalue weighted by Gasteiger charge is 2.11. The largest absolute Gasteiger partial charge is 0.461 e. The smallest absolute Gasteiger partial charge is 0.238 e. The van der Waals surface area contributed by atoms with Crippen LogP contribution in [-0.4, -0.2) is 21.0 Å². The lowest BCUT2D eigenvalue weighted by Gasteiger charge is -2.03. The minimum absolute atomic E-state index is 0.0584. The highest BCUT2D eigenvalue weighted by Crippen LogP contribution is 2.16. The average molecular weight is 298 g/mol. The van der Waals surface area contributed by atoms with Crippen LogP contribution in [0.1, 0.15) is 18.7 Å². The van der Waals surface area contributed by atoms with E-state index in [-0.39, 0.29) is 5.91 Å². The summed E-state index contributed by atoms with van der Waals surface area (Å²) in [4.78, 5) is 19.9. The molecule has 0 atom stereocenters. The van der Waals surface area contributed by atoms with E-state index in [1.54, 1.807) is 42.9 Å². The van der Waals surface area contributed by atoms with Crippen molar-refractivity contribution in [1.29, 1.82) is 0 Å². The van der Waals surface area contributed by atoms with Gasteiger partial charge in [0.15, 0.2) is 5.76 Å². The molecule has 0 saturated heterocycles. The van der Waals surface area contributed by atoms with Crippen molar-refractivity contribution in [3.63, 3.8) is 0 Å². The first-order chi connectivity index (χ1) is 10.8. The molecule has 1 N–H and O–H groups in total. The summed E-state index contributed by atoms with van der Waals surface area (Å²) < 4.78 is 10.3. The van der Waals surface area contributed by atoms with Crippen LogP contribution in [0.3, 0.4) is 0 Å². The summed E-state index contributed by atoms with van der Waals surface area (Å²) in [5.74, 6) is 1.41. The maximum absolute atomic E-state index is 11.8. The third-order valence-electron chi connectivity index (χ3n) is 2.97. The highest BCUT2D eigenvalue weighted by atomic mass is 16.5. The Morgan fingerprint density at radius 1 is 1.23 bits per heavy atom. The van der Waals surface area contributed by atoms with Gasteiger partial charge >= 0.3 is 0 Å². The molecule has 22 heavy (non-hydrogen) atoms. The van der Waals surface area contributed by atoms with E-state index in [1.165, 1.54) is 0 Å². The lowest BCUT2D eigenvalue weighted by atomic mass is 10.2. The number of aryl methyl sites for hydroxylation is 1. The van der Waals surface area contributed by atoms with Crippen molar-refractivity contribution < 1.29 is 13.7 Å². The van der Waals surface area contributed by atoms with Crippen LogP contribution < -0.4 is 5.32 Å². The van der Waals surface area contributed by atoms with Crippen LogP contribution in [0.25, 0.3) is 11.6 Å². The number of aromatic nitrogens is 3. The summed E-state index contributed by atoms with van der Waals surface area (Å²) in [7, 11) is 0. The number of pyridine rings is 1. The number of nitrogens with one attached hydrogen (secondary N) is 1. The van der Waals surface area contributed by atoms with Gasteiger partial charge in [0.2, 0.25) is 17.6 Å². The molecule has 0 aromatic carbocycles. The predicted octanol–water partition coefficient (Wildman–Crippen LogP) is 2.69. The molecule has 0 bridgehead atoms. The summed E-state index contributed by atoms with van der Waals surface area (Å²) in [5.41, 5.74) is 0.734. The van der Waals surface area contributed by atoms with Gasteiger partial charge in [-0.2, -0.15) is 4.98 Å². The number of furan rings is 1. The fraction of sp³-hybridized carbons (Fsp3) is 0.200. The summed E-state index contributed by atoms with van der Waals surface area (Å²) in [6.45, 7) is 0. The molecule has 7 nitrogen and oxygen atoms in total. The van der Waals surface area contributed by atoms with Crippen molar-refractivity contribution in [3.8, 4) is 11.6 Å². The predicted molar refractivity (Wildman–Crippen MR) is 77.8 cm³/mol. The van der Waals surface area contributed by atoms with Crippen molar-refractivity contribution in [1.82, 2.24) is 15.1 Å². The second-order valence-electron chi connectivity index (χ2n) is 4.63. The van der Waals surface area contributed by atoms with Crippen LogP contribution in [0.5, 0.6) is 0 Å². The Hall–Kier alpha value is -2.96. The molecule has 0 aliphatic carbocycles. The Kier molecular flexibility index (Phi) is 4.24. The summed E-state index contributed by atoms with van der Waals surface area (Å²) in [5, 5.41) is 6.63. The number of rotatable bonds is 6. The van der Waals surface area contributed by atoms with E-state index in [0.29, 0.717) is 36.7 Å². The monoisotopic (exact) mass is 298 g/mol. The highest BCUT2D eigenvalue weighted by molar-refractivity contribution is 5.90. The van der Waals surface area contributed by atoms with E-state index in [1.807, 2.05) is 0 Å². The normalized spacial score (nSPS) is 10.5. The SMILES string of the molecule is O=C(CCCc1nc(-c2ccco2)no1)Nc1ccncc1. The van der Waals surface area contributed by atoms with Crippen molar-refractivity contribution in [2.24, 2.45) is 0 Å². The second kappa shape index (κ2) is 6.66. The second-order valence-corrected chi connectivity index (χ2v) is 4.63. The Bertz CT molecular complexity index is 722. The van der Waals surface area contributed by atoms with Crippen LogP contribution in [0, 0.1) is 0 Å². The third kappa shape index (κ3) is 3.57. The summed E-state index contributed by atoms with van der Waals surface area (Å²) in [6.07, 6.45) is 6.35.